The van der Waals surface area contributed by atoms with Crippen LogP contribution in [0, 0.1) is 29.5 Å². The molecule has 0 spiro atoms. The van der Waals surface area contributed by atoms with Crippen LogP contribution < -0.4 is 10.6 Å². The number of alkyl halides is 1. The summed E-state index contributed by atoms with van der Waals surface area (Å²) in [6.07, 6.45) is 0.702. The van der Waals surface area contributed by atoms with Gasteiger partial charge in [0.05, 0.1) is 16.7 Å². The maximum atomic E-state index is 13.0. The van der Waals surface area contributed by atoms with Crippen molar-refractivity contribution in [1.29, 1.82) is 0 Å². The van der Waals surface area contributed by atoms with E-state index in [0.717, 1.165) is 6.42 Å². The molecule has 2 amide bonds. The van der Waals surface area contributed by atoms with Crippen LogP contribution in [0.4, 0.5) is 15.8 Å². The predicted octanol–water partition coefficient (Wildman–Crippen LogP) is 3.59. The van der Waals surface area contributed by atoms with Crippen molar-refractivity contribution in [2.45, 2.75) is 17.4 Å². The highest BCUT2D eigenvalue weighted by Crippen LogP contribution is 2.60. The number of nitrogens with one attached hydrogen (secondary N) is 2. The van der Waals surface area contributed by atoms with Gasteiger partial charge in [-0.25, -0.2) is 4.39 Å². The molecular formula is C22H18BrFN2O4. The summed E-state index contributed by atoms with van der Waals surface area (Å²) in [5.74, 6) is -1.77. The van der Waals surface area contributed by atoms with Gasteiger partial charge < -0.3 is 15.4 Å². The maximum absolute atomic E-state index is 13.0. The zero-order valence-electron chi connectivity index (χ0n) is 15.7. The Morgan fingerprint density at radius 3 is 2.30 bits per heavy atom. The Hall–Kier alpha value is -2.74. The summed E-state index contributed by atoms with van der Waals surface area (Å²) in [7, 11) is 0. The molecule has 2 aromatic carbocycles. The van der Waals surface area contributed by atoms with E-state index >= 15 is 0 Å². The van der Waals surface area contributed by atoms with Gasteiger partial charge in [0.25, 0.3) is 5.91 Å². The number of benzene rings is 2. The largest absolute Gasteiger partial charge is 0.461 e. The topological polar surface area (TPSA) is 84.5 Å². The summed E-state index contributed by atoms with van der Waals surface area (Å²) in [4.78, 5) is 37.5. The summed E-state index contributed by atoms with van der Waals surface area (Å²) < 4.78 is 18.4. The van der Waals surface area contributed by atoms with E-state index in [1.54, 1.807) is 24.3 Å². The first-order chi connectivity index (χ1) is 14.4. The van der Waals surface area contributed by atoms with E-state index in [0.29, 0.717) is 16.9 Å². The number of carbonyl (C=O) groups excluding carboxylic acids is 3. The van der Waals surface area contributed by atoms with Gasteiger partial charge in [-0.3, -0.25) is 14.4 Å². The fraction of sp³-hybridized carbons (Fsp3) is 0.318. The predicted molar refractivity (Wildman–Crippen MR) is 111 cm³/mol. The summed E-state index contributed by atoms with van der Waals surface area (Å²) in [5, 5.41) is 5.56. The Balaban J connectivity index is 1.25. The second-order valence-electron chi connectivity index (χ2n) is 7.99. The number of esters is 1. The van der Waals surface area contributed by atoms with Crippen molar-refractivity contribution in [3.63, 3.8) is 0 Å². The molecule has 6 nitrogen and oxygen atoms in total. The molecule has 2 aliphatic carbocycles. The van der Waals surface area contributed by atoms with Crippen LogP contribution in [-0.2, 0) is 14.3 Å². The molecule has 0 unspecified atom stereocenters. The molecular weight excluding hydrogens is 455 g/mol. The SMILES string of the molecule is O=C(Nc1ccc(F)cc1)c1ccc(NC(=O)[C@@H]2[C@H]3C[C@H]4[C@H](OC(=O)[C@H]42)[C@H]3Br)cc1. The number of hydrogen-bond donors (Lipinski definition) is 2. The Morgan fingerprint density at radius 1 is 0.967 bits per heavy atom. The lowest BCUT2D eigenvalue weighted by atomic mass is 9.79. The maximum Gasteiger partial charge on any atom is 0.310 e. The van der Waals surface area contributed by atoms with Crippen molar-refractivity contribution in [3.8, 4) is 0 Å². The van der Waals surface area contributed by atoms with Gasteiger partial charge in [-0.15, -0.1) is 0 Å². The highest BCUT2D eigenvalue weighted by Gasteiger charge is 2.67. The lowest BCUT2D eigenvalue weighted by Crippen LogP contribution is -2.40. The van der Waals surface area contributed by atoms with E-state index in [2.05, 4.69) is 26.6 Å². The Kier molecular flexibility index (Phi) is 4.61. The van der Waals surface area contributed by atoms with Crippen molar-refractivity contribution in [2.75, 3.05) is 10.6 Å². The van der Waals surface area contributed by atoms with Gasteiger partial charge in [-0.05, 0) is 60.9 Å². The third-order valence-electron chi connectivity index (χ3n) is 6.34. The third kappa shape index (κ3) is 3.10. The summed E-state index contributed by atoms with van der Waals surface area (Å²) >= 11 is 3.60. The molecule has 0 radical (unpaired) electrons. The Labute approximate surface area is 180 Å². The van der Waals surface area contributed by atoms with Crippen LogP contribution >= 0.6 is 15.9 Å². The molecule has 2 N–H and O–H groups in total. The van der Waals surface area contributed by atoms with Crippen LogP contribution in [0.3, 0.4) is 0 Å². The first-order valence-corrected chi connectivity index (χ1v) is 10.7. The van der Waals surface area contributed by atoms with Crippen molar-refractivity contribution in [2.24, 2.45) is 23.7 Å². The van der Waals surface area contributed by atoms with Gasteiger partial charge >= 0.3 is 5.97 Å². The Morgan fingerprint density at radius 2 is 1.60 bits per heavy atom. The van der Waals surface area contributed by atoms with Crippen molar-refractivity contribution < 1.29 is 23.5 Å². The Bertz CT molecular complexity index is 1030. The minimum Gasteiger partial charge on any atom is -0.461 e. The second-order valence-corrected chi connectivity index (χ2v) is 9.05. The van der Waals surface area contributed by atoms with Crippen LogP contribution in [-0.4, -0.2) is 28.7 Å². The van der Waals surface area contributed by atoms with E-state index in [-0.39, 0.29) is 52.3 Å². The average molecular weight is 473 g/mol. The van der Waals surface area contributed by atoms with Gasteiger partial charge in [0, 0.05) is 22.9 Å². The van der Waals surface area contributed by atoms with E-state index in [4.69, 9.17) is 4.74 Å². The highest BCUT2D eigenvalue weighted by atomic mass is 79.9. The van der Waals surface area contributed by atoms with E-state index in [9.17, 15) is 18.8 Å². The third-order valence-corrected chi connectivity index (χ3v) is 7.54. The zero-order chi connectivity index (χ0) is 21.0. The minimum atomic E-state index is -0.410. The second kappa shape index (κ2) is 7.19. The standard InChI is InChI=1S/C22H18BrFN2O4/c23-18-14-9-15-17(22(29)30-19(15)18)16(14)21(28)26-12-5-1-10(2-6-12)20(27)25-13-7-3-11(24)4-8-13/h1-8,14-19H,9H2,(H,25,27)(H,26,28)/t14-,15-,16-,17-,18+,19+/m1/s1. The van der Waals surface area contributed by atoms with E-state index in [1.165, 1.54) is 24.3 Å². The number of carbonyl (C=O) groups is 3. The molecule has 2 aromatic rings. The fourth-order valence-electron chi connectivity index (χ4n) is 5.00. The molecule has 2 saturated carbocycles. The normalized spacial score (nSPS) is 30.8. The molecule has 154 valence electrons. The number of ether oxygens (including phenoxy) is 1. The van der Waals surface area contributed by atoms with Gasteiger partial charge in [0.1, 0.15) is 11.9 Å². The molecule has 3 fully saturated rings. The first kappa shape index (κ1) is 19.2. The number of anilines is 2. The number of halogens is 2. The number of hydrogen-bond acceptors (Lipinski definition) is 4. The molecule has 5 rings (SSSR count). The number of amides is 2. The molecule has 1 saturated heterocycles. The van der Waals surface area contributed by atoms with E-state index < -0.39 is 5.92 Å². The summed E-state index contributed by atoms with van der Waals surface area (Å²) in [5.41, 5.74) is 1.44. The summed E-state index contributed by atoms with van der Waals surface area (Å²) in [6.45, 7) is 0. The van der Waals surface area contributed by atoms with Crippen molar-refractivity contribution >= 4 is 45.1 Å². The van der Waals surface area contributed by atoms with Crippen LogP contribution in [0.5, 0.6) is 0 Å². The van der Waals surface area contributed by atoms with Crippen LogP contribution in [0.1, 0.15) is 16.8 Å². The van der Waals surface area contributed by atoms with Gasteiger partial charge in [0.15, 0.2) is 0 Å². The minimum absolute atomic E-state index is 0.0125. The highest BCUT2D eigenvalue weighted by molar-refractivity contribution is 9.09. The van der Waals surface area contributed by atoms with Crippen molar-refractivity contribution in [1.82, 2.24) is 0 Å². The molecule has 30 heavy (non-hydrogen) atoms. The quantitative estimate of drug-likeness (QED) is 0.525. The molecule has 3 aliphatic rings. The fourth-order valence-corrected chi connectivity index (χ4v) is 6.04. The van der Waals surface area contributed by atoms with E-state index in [1.807, 2.05) is 0 Å². The molecule has 1 aliphatic heterocycles. The molecule has 6 atom stereocenters. The number of rotatable bonds is 4. The van der Waals surface area contributed by atoms with Gasteiger partial charge in [0.2, 0.25) is 5.91 Å². The summed E-state index contributed by atoms with van der Waals surface area (Å²) in [6, 6.07) is 12.0. The van der Waals surface area contributed by atoms with Crippen molar-refractivity contribution in [3.05, 3.63) is 59.9 Å². The molecule has 0 aromatic heterocycles. The number of fused-ring (bicyclic) bond motifs is 1. The monoisotopic (exact) mass is 472 g/mol. The zero-order valence-corrected chi connectivity index (χ0v) is 17.3. The molecule has 8 heteroatoms. The first-order valence-electron chi connectivity index (χ1n) is 9.75. The van der Waals surface area contributed by atoms with Gasteiger partial charge in [-0.2, -0.15) is 0 Å². The lowest BCUT2D eigenvalue weighted by Gasteiger charge is -2.27. The van der Waals surface area contributed by atoms with Crippen LogP contribution in [0.25, 0.3) is 0 Å². The molecule has 1 heterocycles. The van der Waals surface area contributed by atoms with Gasteiger partial charge in [-0.1, -0.05) is 15.9 Å². The average Bonchev–Trinajstić information content (AvgIpc) is 3.34. The smallest absolute Gasteiger partial charge is 0.310 e. The molecule has 2 bridgehead atoms. The van der Waals surface area contributed by atoms with Crippen LogP contribution in [0.15, 0.2) is 48.5 Å². The van der Waals surface area contributed by atoms with Crippen LogP contribution in [0.2, 0.25) is 0 Å². The lowest BCUT2D eigenvalue weighted by molar-refractivity contribution is -0.145.